The van der Waals surface area contributed by atoms with Gasteiger partial charge in [0.1, 0.15) is 17.2 Å². The van der Waals surface area contributed by atoms with Crippen molar-refractivity contribution in [1.82, 2.24) is 30.2 Å². The molecule has 136 valence electrons. The number of hydrogen-bond donors (Lipinski definition) is 1. The lowest BCUT2D eigenvalue weighted by atomic mass is 10.2. The molecule has 0 spiro atoms. The van der Waals surface area contributed by atoms with E-state index >= 15 is 0 Å². The second-order valence-electron chi connectivity index (χ2n) is 6.22. The first-order chi connectivity index (χ1) is 13.8. The van der Waals surface area contributed by atoms with Crippen LogP contribution in [0.4, 0.5) is 0 Å². The Hall–Kier alpha value is -3.65. The smallest absolute Gasteiger partial charge is 0.259 e. The van der Waals surface area contributed by atoms with Crippen molar-refractivity contribution in [2.45, 2.75) is 6.54 Å². The summed E-state index contributed by atoms with van der Waals surface area (Å²) in [5.74, 6) is 1.03. The quantitative estimate of drug-likeness (QED) is 0.512. The van der Waals surface area contributed by atoms with Crippen LogP contribution in [0, 0.1) is 0 Å². The summed E-state index contributed by atoms with van der Waals surface area (Å²) in [6.07, 6.45) is 0. The number of nitrogens with zero attached hydrogens (tertiary/aromatic N) is 5. The van der Waals surface area contributed by atoms with Crippen molar-refractivity contribution in [2.24, 2.45) is 0 Å². The van der Waals surface area contributed by atoms with E-state index in [2.05, 4.69) is 25.4 Å². The van der Waals surface area contributed by atoms with Crippen molar-refractivity contribution >= 4 is 21.6 Å². The Morgan fingerprint density at radius 2 is 1.68 bits per heavy atom. The van der Waals surface area contributed by atoms with Crippen molar-refractivity contribution in [3.63, 3.8) is 0 Å². The lowest BCUT2D eigenvalue weighted by molar-refractivity contribution is 0.555. The Kier molecular flexibility index (Phi) is 4.02. The van der Waals surface area contributed by atoms with Gasteiger partial charge in [-0.25, -0.2) is 4.98 Å². The molecule has 7 nitrogen and oxygen atoms in total. The highest BCUT2D eigenvalue weighted by Crippen LogP contribution is 2.30. The third-order valence-electron chi connectivity index (χ3n) is 4.29. The zero-order valence-electron chi connectivity index (χ0n) is 14.6. The molecule has 2 aromatic carbocycles. The van der Waals surface area contributed by atoms with Gasteiger partial charge in [0, 0.05) is 10.4 Å². The minimum absolute atomic E-state index is 0.165. The molecule has 0 fully saturated rings. The normalized spacial score (nSPS) is 11.1. The maximum absolute atomic E-state index is 12.5. The molecule has 0 aliphatic rings. The van der Waals surface area contributed by atoms with Gasteiger partial charge in [0.25, 0.3) is 5.56 Å². The van der Waals surface area contributed by atoms with Gasteiger partial charge in [-0.15, -0.1) is 21.5 Å². The summed E-state index contributed by atoms with van der Waals surface area (Å²) >= 11 is 1.49. The molecule has 1 N–H and O–H groups in total. The fourth-order valence-corrected chi connectivity index (χ4v) is 4.00. The molecule has 5 rings (SSSR count). The van der Waals surface area contributed by atoms with Crippen LogP contribution in [0.15, 0.2) is 71.5 Å². The molecule has 5 aromatic rings. The molecule has 28 heavy (non-hydrogen) atoms. The highest BCUT2D eigenvalue weighted by atomic mass is 32.1. The van der Waals surface area contributed by atoms with Gasteiger partial charge in [-0.3, -0.25) is 4.79 Å². The first kappa shape index (κ1) is 16.5. The lowest BCUT2D eigenvalue weighted by Gasteiger charge is -1.99. The van der Waals surface area contributed by atoms with Crippen molar-refractivity contribution in [2.75, 3.05) is 0 Å². The van der Waals surface area contributed by atoms with Gasteiger partial charge in [-0.1, -0.05) is 60.7 Å². The van der Waals surface area contributed by atoms with Gasteiger partial charge in [0.2, 0.25) is 5.82 Å². The van der Waals surface area contributed by atoms with Gasteiger partial charge >= 0.3 is 0 Å². The van der Waals surface area contributed by atoms with Crippen LogP contribution >= 0.6 is 11.3 Å². The zero-order valence-corrected chi connectivity index (χ0v) is 15.4. The highest BCUT2D eigenvalue weighted by Gasteiger charge is 2.12. The van der Waals surface area contributed by atoms with E-state index < -0.39 is 0 Å². The Balaban J connectivity index is 1.47. The van der Waals surface area contributed by atoms with Crippen LogP contribution in [-0.2, 0) is 6.54 Å². The number of H-pyrrole nitrogens is 1. The molecule has 0 bridgehead atoms. The Bertz CT molecular complexity index is 1310. The average Bonchev–Trinajstić information content (AvgIpc) is 3.37. The van der Waals surface area contributed by atoms with Gasteiger partial charge < -0.3 is 4.98 Å². The van der Waals surface area contributed by atoms with Crippen LogP contribution in [-0.4, -0.2) is 30.2 Å². The predicted octanol–water partition coefficient (Wildman–Crippen LogP) is 3.35. The van der Waals surface area contributed by atoms with Gasteiger partial charge in [-0.05, 0) is 16.8 Å². The van der Waals surface area contributed by atoms with E-state index in [1.54, 1.807) is 0 Å². The average molecular weight is 386 g/mol. The maximum atomic E-state index is 12.5. The van der Waals surface area contributed by atoms with Gasteiger partial charge in [-0.2, -0.15) is 4.80 Å². The summed E-state index contributed by atoms with van der Waals surface area (Å²) in [4.78, 5) is 23.1. The number of aromatic nitrogens is 6. The molecule has 0 amide bonds. The number of benzene rings is 2. The molecule has 0 saturated heterocycles. The summed E-state index contributed by atoms with van der Waals surface area (Å²) in [5, 5.41) is 13.1. The SMILES string of the molecule is O=c1[nH]c(Cn2nnc(-c3ccccc3)n2)nc2sc(-c3ccccc3)cc12. The first-order valence-electron chi connectivity index (χ1n) is 8.68. The molecule has 0 aliphatic carbocycles. The van der Waals surface area contributed by atoms with Crippen LogP contribution < -0.4 is 5.56 Å². The van der Waals surface area contributed by atoms with Crippen molar-refractivity contribution < 1.29 is 0 Å². The Morgan fingerprint density at radius 3 is 2.43 bits per heavy atom. The van der Waals surface area contributed by atoms with E-state index in [1.165, 1.54) is 16.1 Å². The molecular weight excluding hydrogens is 372 g/mol. The lowest BCUT2D eigenvalue weighted by Crippen LogP contribution is -2.14. The molecule has 0 aliphatic heterocycles. The van der Waals surface area contributed by atoms with E-state index in [-0.39, 0.29) is 12.1 Å². The third-order valence-corrected chi connectivity index (χ3v) is 5.36. The van der Waals surface area contributed by atoms with Gasteiger partial charge in [0.15, 0.2) is 0 Å². The first-order valence-corrected chi connectivity index (χ1v) is 9.49. The number of thiophene rings is 1. The molecule has 0 saturated carbocycles. The van der Waals surface area contributed by atoms with E-state index in [9.17, 15) is 4.79 Å². The minimum atomic E-state index is -0.165. The molecule has 0 atom stereocenters. The topological polar surface area (TPSA) is 89.4 Å². The number of hydrogen-bond acceptors (Lipinski definition) is 6. The summed E-state index contributed by atoms with van der Waals surface area (Å²) in [6.45, 7) is 0.240. The van der Waals surface area contributed by atoms with Gasteiger partial charge in [0.05, 0.1) is 5.39 Å². The zero-order chi connectivity index (χ0) is 18.9. The monoisotopic (exact) mass is 386 g/mol. The minimum Gasteiger partial charge on any atom is -0.308 e. The molecule has 0 radical (unpaired) electrons. The van der Waals surface area contributed by atoms with Crippen LogP contribution in [0.3, 0.4) is 0 Å². The second kappa shape index (κ2) is 6.82. The highest BCUT2D eigenvalue weighted by molar-refractivity contribution is 7.21. The maximum Gasteiger partial charge on any atom is 0.259 e. The summed E-state index contributed by atoms with van der Waals surface area (Å²) in [7, 11) is 0. The van der Waals surface area contributed by atoms with E-state index in [0.29, 0.717) is 21.9 Å². The third kappa shape index (κ3) is 3.10. The Morgan fingerprint density at radius 1 is 0.964 bits per heavy atom. The standard InChI is InChI=1S/C20H14N6OS/c27-19-15-11-16(13-7-3-1-4-8-13)28-20(15)22-17(21-19)12-26-24-18(23-25-26)14-9-5-2-6-10-14/h1-11H,12H2,(H,21,22,27). The summed E-state index contributed by atoms with van der Waals surface area (Å²) < 4.78 is 0. The summed E-state index contributed by atoms with van der Waals surface area (Å²) in [6, 6.07) is 21.5. The number of rotatable bonds is 4. The van der Waals surface area contributed by atoms with Crippen LogP contribution in [0.5, 0.6) is 0 Å². The van der Waals surface area contributed by atoms with E-state index in [0.717, 1.165) is 16.0 Å². The largest absolute Gasteiger partial charge is 0.308 e. The molecule has 3 aromatic heterocycles. The number of tetrazole rings is 1. The van der Waals surface area contributed by atoms with Crippen LogP contribution in [0.25, 0.3) is 32.0 Å². The van der Waals surface area contributed by atoms with Crippen LogP contribution in [0.2, 0.25) is 0 Å². The molecule has 0 unspecified atom stereocenters. The molecular formula is C20H14N6OS. The second-order valence-corrected chi connectivity index (χ2v) is 7.25. The predicted molar refractivity (Wildman–Crippen MR) is 108 cm³/mol. The van der Waals surface area contributed by atoms with E-state index in [1.807, 2.05) is 66.7 Å². The van der Waals surface area contributed by atoms with Crippen molar-refractivity contribution in [1.29, 1.82) is 0 Å². The van der Waals surface area contributed by atoms with Crippen LogP contribution in [0.1, 0.15) is 5.82 Å². The van der Waals surface area contributed by atoms with E-state index in [4.69, 9.17) is 0 Å². The Labute approximate surface area is 163 Å². The molecule has 8 heteroatoms. The number of fused-ring (bicyclic) bond motifs is 1. The van der Waals surface area contributed by atoms with Crippen molar-refractivity contribution in [3.8, 4) is 21.8 Å². The van der Waals surface area contributed by atoms with Crippen molar-refractivity contribution in [3.05, 3.63) is 82.9 Å². The summed E-state index contributed by atoms with van der Waals surface area (Å²) in [5.41, 5.74) is 1.79. The number of aromatic amines is 1. The fraction of sp³-hybridized carbons (Fsp3) is 0.0500. The number of nitrogens with one attached hydrogen (secondary N) is 1. The fourth-order valence-electron chi connectivity index (χ4n) is 2.94. The molecule has 3 heterocycles.